The Hall–Kier alpha value is -2.11. The van der Waals surface area contributed by atoms with Gasteiger partial charge in [-0.1, -0.05) is 60.7 Å². The lowest BCUT2D eigenvalue weighted by Gasteiger charge is -2.14. The first-order chi connectivity index (χ1) is 13.6. The molecule has 0 N–H and O–H groups in total. The van der Waals surface area contributed by atoms with Gasteiger partial charge in [-0.15, -0.1) is 0 Å². The first kappa shape index (κ1) is 23.2. The van der Waals surface area contributed by atoms with Crippen LogP contribution in [0, 0.1) is 3.57 Å². The topological polar surface area (TPSA) is 66.4 Å². The lowest BCUT2D eigenvalue weighted by Crippen LogP contribution is -3.34. The highest BCUT2D eigenvalue weighted by Crippen LogP contribution is 2.38. The Morgan fingerprint density at radius 2 is 1.24 bits per heavy atom. The van der Waals surface area contributed by atoms with Crippen LogP contribution < -0.4 is 27.3 Å². The number of methoxy groups -OCH3 is 1. The quantitative estimate of drug-likeness (QED) is 0.290. The molecule has 0 fully saturated rings. The zero-order valence-electron chi connectivity index (χ0n) is 15.0. The van der Waals surface area contributed by atoms with Crippen molar-refractivity contribution in [2.24, 2.45) is 0 Å². The lowest BCUT2D eigenvalue weighted by molar-refractivity contribution is -0.326. The highest BCUT2D eigenvalue weighted by molar-refractivity contribution is 7.86. The third-order valence-electron chi connectivity index (χ3n) is 3.76. The molecule has 4 nitrogen and oxygen atoms in total. The van der Waals surface area contributed by atoms with Gasteiger partial charge in [-0.2, -0.15) is 13.2 Å². The minimum absolute atomic E-state index is 0.910. The molecular weight excluding hydrogens is 520 g/mol. The molecule has 0 saturated carbocycles. The summed E-state index contributed by atoms with van der Waals surface area (Å²) in [5, 5.41) is 0. The molecular formula is C20H16F3IO4S. The van der Waals surface area contributed by atoms with Gasteiger partial charge >= 0.3 is 5.51 Å². The van der Waals surface area contributed by atoms with E-state index in [4.69, 9.17) is 17.7 Å². The Balaban J connectivity index is 0.000000321. The van der Waals surface area contributed by atoms with Crippen molar-refractivity contribution in [1.29, 1.82) is 0 Å². The maximum absolute atomic E-state index is 10.7. The summed E-state index contributed by atoms with van der Waals surface area (Å²) in [4.78, 5) is 0. The number of rotatable bonds is 3. The molecule has 0 aromatic heterocycles. The molecule has 0 atom stereocenters. The number of hydrogen-bond donors (Lipinski definition) is 0. The number of benzene rings is 3. The first-order valence-electron chi connectivity index (χ1n) is 8.07. The second-order valence-electron chi connectivity index (χ2n) is 5.65. The Bertz CT molecular complexity index is 1050. The largest absolute Gasteiger partial charge is 0.741 e. The van der Waals surface area contributed by atoms with Crippen molar-refractivity contribution in [2.75, 3.05) is 7.11 Å². The summed E-state index contributed by atoms with van der Waals surface area (Å²) in [6.45, 7) is 0. The van der Waals surface area contributed by atoms with Gasteiger partial charge in [0.25, 0.3) is 22.6 Å². The summed E-state index contributed by atoms with van der Waals surface area (Å²) in [7, 11) is -4.36. The van der Waals surface area contributed by atoms with Crippen LogP contribution in [0.3, 0.4) is 0 Å². The molecule has 0 unspecified atom stereocenters. The molecule has 0 aliphatic heterocycles. The summed E-state index contributed by atoms with van der Waals surface area (Å²) >= 11 is 2.06. The van der Waals surface area contributed by atoms with Crippen molar-refractivity contribution < 1.29 is 53.5 Å². The van der Waals surface area contributed by atoms with Crippen LogP contribution in [0.4, 0.5) is 13.2 Å². The molecule has 3 rings (SSSR count). The van der Waals surface area contributed by atoms with E-state index in [0.717, 1.165) is 11.3 Å². The van der Waals surface area contributed by atoms with Crippen molar-refractivity contribution in [1.82, 2.24) is 0 Å². The van der Waals surface area contributed by atoms with Crippen LogP contribution >= 0.6 is 0 Å². The SMILES string of the molecule is COc1ccc([IH+])c(-c2ccccc2)c1-c1ccccc1.O=S(=O)([O-])C(F)(F)F. The molecule has 0 aliphatic rings. The maximum Gasteiger partial charge on any atom is 0.485 e. The fraction of sp³-hybridized carbons (Fsp3) is 0.100. The van der Waals surface area contributed by atoms with Crippen LogP contribution in [-0.2, 0) is 10.1 Å². The van der Waals surface area contributed by atoms with Gasteiger partial charge in [-0.05, 0) is 23.3 Å². The molecule has 154 valence electrons. The van der Waals surface area contributed by atoms with Crippen LogP contribution in [-0.4, -0.2) is 25.6 Å². The second-order valence-corrected chi connectivity index (χ2v) is 8.27. The van der Waals surface area contributed by atoms with E-state index in [-0.39, 0.29) is 0 Å². The molecule has 3 aromatic carbocycles. The molecule has 0 heterocycles. The maximum atomic E-state index is 10.7. The Morgan fingerprint density at radius 3 is 1.62 bits per heavy atom. The van der Waals surface area contributed by atoms with Crippen molar-refractivity contribution in [3.8, 4) is 28.0 Å². The van der Waals surface area contributed by atoms with Crippen LogP contribution in [0.5, 0.6) is 5.75 Å². The van der Waals surface area contributed by atoms with Gasteiger partial charge < -0.3 is 9.29 Å². The molecule has 0 saturated heterocycles. The van der Waals surface area contributed by atoms with Crippen LogP contribution in [0.15, 0.2) is 72.8 Å². The molecule has 0 aliphatic carbocycles. The Kier molecular flexibility index (Phi) is 7.66. The van der Waals surface area contributed by atoms with Crippen LogP contribution in [0.25, 0.3) is 22.3 Å². The lowest BCUT2D eigenvalue weighted by atomic mass is 9.94. The van der Waals surface area contributed by atoms with E-state index in [9.17, 15) is 13.2 Å². The summed E-state index contributed by atoms with van der Waals surface area (Å²) in [6, 6.07) is 25.1. The monoisotopic (exact) mass is 536 g/mol. The molecule has 3 aromatic rings. The number of alkyl halides is 3. The molecule has 29 heavy (non-hydrogen) atoms. The standard InChI is InChI=1S/C19H16IO.CHF3O3S/c1-21-17-13-12-16(20)18(14-8-4-2-5-9-14)19(17)15-10-6-3-7-11-15;2-1(3,4)8(5,6)7/h2-13,20H,1H3;(H,5,6,7)/q+1;/p-1. The van der Waals surface area contributed by atoms with Gasteiger partial charge in [-0.25, -0.2) is 8.42 Å². The highest BCUT2D eigenvalue weighted by Gasteiger charge is 2.36. The van der Waals surface area contributed by atoms with E-state index in [1.54, 1.807) is 7.11 Å². The Morgan fingerprint density at radius 1 is 0.828 bits per heavy atom. The van der Waals surface area contributed by atoms with Gasteiger partial charge in [0.15, 0.2) is 13.7 Å². The summed E-state index contributed by atoms with van der Waals surface area (Å²) in [5.74, 6) is 0.910. The van der Waals surface area contributed by atoms with E-state index in [2.05, 4.69) is 77.2 Å². The van der Waals surface area contributed by atoms with Crippen LogP contribution in [0.1, 0.15) is 0 Å². The van der Waals surface area contributed by atoms with Gasteiger partial charge in [-0.3, -0.25) is 0 Å². The van der Waals surface area contributed by atoms with Crippen molar-refractivity contribution >= 4 is 10.1 Å². The van der Waals surface area contributed by atoms with E-state index >= 15 is 0 Å². The van der Waals surface area contributed by atoms with Crippen molar-refractivity contribution in [2.45, 2.75) is 5.51 Å². The van der Waals surface area contributed by atoms with Gasteiger partial charge in [0.2, 0.25) is 0 Å². The van der Waals surface area contributed by atoms with E-state index in [1.165, 1.54) is 20.3 Å². The summed E-state index contributed by atoms with van der Waals surface area (Å²) in [5.41, 5.74) is -0.848. The summed E-state index contributed by atoms with van der Waals surface area (Å²) < 4.78 is 65.8. The zero-order chi connectivity index (χ0) is 21.7. The first-order valence-corrected chi connectivity index (χ1v) is 10.6. The molecule has 0 radical (unpaired) electrons. The fourth-order valence-corrected chi connectivity index (χ4v) is 3.34. The molecule has 0 spiro atoms. The third kappa shape index (κ3) is 5.94. The average Bonchev–Trinajstić information content (AvgIpc) is 2.68. The normalized spacial score (nSPS) is 11.4. The molecule has 0 amide bonds. The zero-order valence-corrected chi connectivity index (χ0v) is 18.2. The minimum Gasteiger partial charge on any atom is -0.741 e. The second kappa shape index (κ2) is 9.59. The summed E-state index contributed by atoms with van der Waals surface area (Å²) in [6.07, 6.45) is 0. The Labute approximate surface area is 180 Å². The molecule has 9 heteroatoms. The van der Waals surface area contributed by atoms with Gasteiger partial charge in [0.05, 0.1) is 7.11 Å². The third-order valence-corrected chi connectivity index (χ3v) is 5.30. The van der Waals surface area contributed by atoms with Gasteiger partial charge in [0.1, 0.15) is 5.75 Å². The van der Waals surface area contributed by atoms with Crippen molar-refractivity contribution in [3.05, 3.63) is 76.4 Å². The number of hydrogen-bond acceptors (Lipinski definition) is 4. The predicted octanol–water partition coefficient (Wildman–Crippen LogP) is 1.54. The highest BCUT2D eigenvalue weighted by atomic mass is 127. The van der Waals surface area contributed by atoms with E-state index < -0.39 is 15.6 Å². The fourth-order valence-electron chi connectivity index (χ4n) is 2.52. The smallest absolute Gasteiger partial charge is 0.485 e. The number of halogens is 4. The van der Waals surface area contributed by atoms with Crippen molar-refractivity contribution in [3.63, 3.8) is 0 Å². The van der Waals surface area contributed by atoms with Crippen LogP contribution in [0.2, 0.25) is 0 Å². The van der Waals surface area contributed by atoms with E-state index in [1.807, 2.05) is 18.2 Å². The minimum atomic E-state index is -6.09. The molecule has 0 bridgehead atoms. The van der Waals surface area contributed by atoms with E-state index in [0.29, 0.717) is 0 Å². The number of ether oxygens (including phenoxy) is 1. The average molecular weight is 536 g/mol. The van der Waals surface area contributed by atoms with Gasteiger partial charge in [0, 0.05) is 11.1 Å². The predicted molar refractivity (Wildman–Crippen MR) is 99.7 cm³/mol.